The average molecular weight is 437 g/mol. The van der Waals surface area contributed by atoms with Crippen molar-refractivity contribution in [2.45, 2.75) is 51.0 Å². The van der Waals surface area contributed by atoms with E-state index in [0.29, 0.717) is 4.68 Å². The number of imidazole rings is 1. The van der Waals surface area contributed by atoms with E-state index in [4.69, 9.17) is 4.74 Å². The van der Waals surface area contributed by atoms with Crippen LogP contribution < -0.4 is 5.32 Å². The maximum Gasteiger partial charge on any atom is 0.413 e. The van der Waals surface area contributed by atoms with E-state index < -0.39 is 34.3 Å². The van der Waals surface area contributed by atoms with E-state index in [1.54, 1.807) is 20.8 Å². The molecule has 0 unspecified atom stereocenters. The molecule has 2 aromatic heterocycles. The van der Waals surface area contributed by atoms with E-state index >= 15 is 0 Å². The van der Waals surface area contributed by atoms with Crippen LogP contribution in [0.5, 0.6) is 0 Å². The van der Waals surface area contributed by atoms with Gasteiger partial charge in [-0.25, -0.2) is 18.2 Å². The summed E-state index contributed by atoms with van der Waals surface area (Å²) in [5.41, 5.74) is -0.675. The third-order valence-electron chi connectivity index (χ3n) is 3.57. The van der Waals surface area contributed by atoms with Crippen LogP contribution in [-0.2, 0) is 28.2 Å². The minimum atomic E-state index is -4.47. The molecule has 29 heavy (non-hydrogen) atoms. The monoisotopic (exact) mass is 437 g/mol. The fourth-order valence-electron chi connectivity index (χ4n) is 2.47. The number of hydrogen-bond donors (Lipinski definition) is 1. The number of alkyl halides is 3. The summed E-state index contributed by atoms with van der Waals surface area (Å²) in [7, 11) is -2.45. The molecule has 1 N–H and O–H groups in total. The van der Waals surface area contributed by atoms with E-state index in [1.807, 2.05) is 0 Å². The Hall–Kier alpha value is -2.57. The zero-order valence-electron chi connectivity index (χ0n) is 16.5. The molecule has 2 heterocycles. The van der Waals surface area contributed by atoms with Crippen LogP contribution in [0.3, 0.4) is 0 Å². The number of amides is 1. The molecule has 0 aliphatic carbocycles. The van der Waals surface area contributed by atoms with Gasteiger partial charge in [0, 0.05) is 13.2 Å². The van der Waals surface area contributed by atoms with Crippen LogP contribution in [0.25, 0.3) is 11.4 Å². The van der Waals surface area contributed by atoms with E-state index in [9.17, 15) is 26.4 Å². The summed E-state index contributed by atoms with van der Waals surface area (Å²) < 4.78 is 69.7. The first-order valence-corrected chi connectivity index (χ1v) is 10.2. The molecule has 9 nitrogen and oxygen atoms in total. The summed E-state index contributed by atoms with van der Waals surface area (Å²) in [6.45, 7) is 5.01. The number of halogens is 3. The molecule has 0 saturated carbocycles. The Morgan fingerprint density at radius 3 is 2.41 bits per heavy atom. The van der Waals surface area contributed by atoms with Gasteiger partial charge in [-0.3, -0.25) is 10.00 Å². The van der Waals surface area contributed by atoms with Gasteiger partial charge in [-0.05, 0) is 20.8 Å². The second-order valence-corrected chi connectivity index (χ2v) is 9.41. The van der Waals surface area contributed by atoms with E-state index in [0.717, 1.165) is 12.4 Å². The fourth-order valence-corrected chi connectivity index (χ4v) is 3.63. The number of carbonyl (C=O) groups excluding carboxylic acids is 1. The van der Waals surface area contributed by atoms with Gasteiger partial charge >= 0.3 is 12.3 Å². The molecule has 0 fully saturated rings. The van der Waals surface area contributed by atoms with Crippen molar-refractivity contribution in [3.05, 3.63) is 12.4 Å². The Morgan fingerprint density at radius 1 is 1.28 bits per heavy atom. The van der Waals surface area contributed by atoms with Crippen LogP contribution in [0.4, 0.5) is 23.8 Å². The Morgan fingerprint density at radius 2 is 1.90 bits per heavy atom. The number of anilines is 1. The summed E-state index contributed by atoms with van der Waals surface area (Å²) in [5, 5.41) is 5.65. The molecule has 1 amide bonds. The molecule has 2 aromatic rings. The van der Waals surface area contributed by atoms with Crippen molar-refractivity contribution in [3.63, 3.8) is 0 Å². The van der Waals surface area contributed by atoms with Crippen LogP contribution >= 0.6 is 0 Å². The second-order valence-electron chi connectivity index (χ2n) is 7.22. The van der Waals surface area contributed by atoms with E-state index in [-0.39, 0.29) is 28.0 Å². The lowest BCUT2D eigenvalue weighted by Crippen LogP contribution is -2.28. The minimum Gasteiger partial charge on any atom is -0.444 e. The molecular formula is C16H22F3N5O4S. The molecule has 0 spiro atoms. The van der Waals surface area contributed by atoms with E-state index in [2.05, 4.69) is 15.4 Å². The summed E-state index contributed by atoms with van der Waals surface area (Å²) in [4.78, 5) is 16.2. The van der Waals surface area contributed by atoms with Crippen molar-refractivity contribution in [3.8, 4) is 11.4 Å². The van der Waals surface area contributed by atoms with Crippen LogP contribution in [0.1, 0.15) is 27.7 Å². The predicted octanol–water partition coefficient (Wildman–Crippen LogP) is 2.99. The third kappa shape index (κ3) is 5.71. The number of rotatable bonds is 5. The molecule has 13 heteroatoms. The molecule has 0 radical (unpaired) electrons. The first-order valence-electron chi connectivity index (χ1n) is 8.52. The van der Waals surface area contributed by atoms with Crippen molar-refractivity contribution < 1.29 is 31.1 Å². The summed E-state index contributed by atoms with van der Waals surface area (Å²) in [6, 6.07) is 0. The zero-order valence-corrected chi connectivity index (χ0v) is 17.3. The van der Waals surface area contributed by atoms with Gasteiger partial charge in [-0.1, -0.05) is 6.92 Å². The Bertz CT molecular complexity index is 1000. The highest BCUT2D eigenvalue weighted by Gasteiger charge is 2.31. The highest BCUT2D eigenvalue weighted by molar-refractivity contribution is 7.91. The van der Waals surface area contributed by atoms with Crippen LogP contribution in [-0.4, -0.2) is 51.4 Å². The molecular weight excluding hydrogens is 415 g/mol. The Labute approximate surface area is 165 Å². The molecule has 2 rings (SSSR count). The Balaban J connectivity index is 2.49. The number of nitrogens with zero attached hydrogens (tertiary/aromatic N) is 4. The maximum absolute atomic E-state index is 12.6. The first kappa shape index (κ1) is 22.7. The van der Waals surface area contributed by atoms with Crippen molar-refractivity contribution in [2.24, 2.45) is 7.05 Å². The predicted molar refractivity (Wildman–Crippen MR) is 98.1 cm³/mol. The average Bonchev–Trinajstić information content (AvgIpc) is 3.08. The lowest BCUT2D eigenvalue weighted by molar-refractivity contribution is -0.142. The van der Waals surface area contributed by atoms with Crippen molar-refractivity contribution in [2.75, 3.05) is 11.1 Å². The van der Waals surface area contributed by atoms with E-state index in [1.165, 1.54) is 18.5 Å². The van der Waals surface area contributed by atoms with Gasteiger partial charge in [-0.15, -0.1) is 0 Å². The van der Waals surface area contributed by atoms with Crippen molar-refractivity contribution in [1.82, 2.24) is 19.3 Å². The molecule has 0 aliphatic heterocycles. The second kappa shape index (κ2) is 7.69. The normalized spacial score (nSPS) is 12.8. The number of hydrogen-bond acceptors (Lipinski definition) is 6. The maximum atomic E-state index is 12.6. The molecule has 0 aliphatic rings. The van der Waals surface area contributed by atoms with Crippen molar-refractivity contribution >= 4 is 21.7 Å². The molecule has 162 valence electrons. The minimum absolute atomic E-state index is 0.0245. The molecule has 0 saturated heterocycles. The summed E-state index contributed by atoms with van der Waals surface area (Å²) in [6.07, 6.45) is -3.16. The van der Waals surface area contributed by atoms with Gasteiger partial charge in [0.2, 0.25) is 0 Å². The van der Waals surface area contributed by atoms with Gasteiger partial charge in [0.1, 0.15) is 18.0 Å². The third-order valence-corrected chi connectivity index (χ3v) is 5.39. The zero-order chi connectivity index (χ0) is 22.2. The van der Waals surface area contributed by atoms with Crippen LogP contribution in [0, 0.1) is 0 Å². The quantitative estimate of drug-likeness (QED) is 0.771. The van der Waals surface area contributed by atoms with Crippen LogP contribution in [0.15, 0.2) is 17.4 Å². The van der Waals surface area contributed by atoms with Gasteiger partial charge in [0.25, 0.3) is 0 Å². The standard InChI is InChI=1S/C16H22F3N5O4S/c1-6-29(26,27)13-11(22-14(25)28-15(2,3)4)21-12(23(13)5)10-7-20-24(8-10)9-16(17,18)19/h7-8H,6,9H2,1-5H3,(H,22,25). The first-order chi connectivity index (χ1) is 13.1. The van der Waals surface area contributed by atoms with Gasteiger partial charge in [-0.2, -0.15) is 18.3 Å². The lowest BCUT2D eigenvalue weighted by atomic mass is 10.2. The molecule has 0 aromatic carbocycles. The fraction of sp³-hybridized carbons (Fsp3) is 0.562. The van der Waals surface area contributed by atoms with Crippen molar-refractivity contribution in [1.29, 1.82) is 0 Å². The number of ether oxygens (including phenoxy) is 1. The largest absolute Gasteiger partial charge is 0.444 e. The number of aromatic nitrogens is 4. The number of carbonyl (C=O) groups is 1. The number of sulfone groups is 1. The Kier molecular flexibility index (Phi) is 6.02. The van der Waals surface area contributed by atoms with Gasteiger partial charge in [0.05, 0.1) is 17.5 Å². The summed E-state index contributed by atoms with van der Waals surface area (Å²) in [5.74, 6) is -0.527. The van der Waals surface area contributed by atoms with Gasteiger partial charge in [0.15, 0.2) is 20.7 Å². The van der Waals surface area contributed by atoms with Crippen LogP contribution in [0.2, 0.25) is 0 Å². The smallest absolute Gasteiger partial charge is 0.413 e. The topological polar surface area (TPSA) is 108 Å². The van der Waals surface area contributed by atoms with Gasteiger partial charge < -0.3 is 9.30 Å². The SMILES string of the molecule is CCS(=O)(=O)c1c(NC(=O)OC(C)(C)C)nc(-c2cnn(CC(F)(F)F)c2)n1C. The highest BCUT2D eigenvalue weighted by atomic mass is 32.2. The molecule has 0 bridgehead atoms. The summed E-state index contributed by atoms with van der Waals surface area (Å²) >= 11 is 0. The lowest BCUT2D eigenvalue weighted by Gasteiger charge is -2.19. The molecule has 0 atom stereocenters. The number of nitrogens with one attached hydrogen (secondary N) is 1. The highest BCUT2D eigenvalue weighted by Crippen LogP contribution is 2.29.